The minimum atomic E-state index is -0.209. The van der Waals surface area contributed by atoms with Crippen molar-refractivity contribution >= 4 is 40.2 Å². The quantitative estimate of drug-likeness (QED) is 0.201. The number of aromatic nitrogens is 2. The number of carbonyl (C=O) groups excluding carboxylic acids is 2. The zero-order valence-electron chi connectivity index (χ0n) is 25.6. The summed E-state index contributed by atoms with van der Waals surface area (Å²) >= 11 is 0. The summed E-state index contributed by atoms with van der Waals surface area (Å²) in [5.41, 5.74) is 4.13. The lowest BCUT2D eigenvalue weighted by atomic mass is 9.86. The van der Waals surface area contributed by atoms with Gasteiger partial charge >= 0.3 is 0 Å². The van der Waals surface area contributed by atoms with Gasteiger partial charge in [0.1, 0.15) is 5.82 Å². The first-order chi connectivity index (χ1) is 20.8. The standard InChI is InChI=1S/C35H42N6O2/c1-23(2)25-15-19-27(20-16-25)37-34(43)29-10-6-5-9-26(29)21-32(42)36-22-24-13-17-28(18-14-24)38-35-39-31-12-8-7-11-30(31)33(40-35)41(3)4/h5-12,15-16,19-20,23-24,28H,13-14,17-18,21-22H2,1-4H3,(H,36,42)(H,37,43)(H,38,39,40). The molecule has 5 rings (SSSR count). The van der Waals surface area contributed by atoms with E-state index in [2.05, 4.69) is 29.8 Å². The summed E-state index contributed by atoms with van der Waals surface area (Å²) in [4.78, 5) is 37.5. The van der Waals surface area contributed by atoms with Gasteiger partial charge in [0.15, 0.2) is 0 Å². The van der Waals surface area contributed by atoms with Crippen LogP contribution < -0.4 is 20.9 Å². The van der Waals surface area contributed by atoms with Crippen LogP contribution in [0.25, 0.3) is 10.9 Å². The number of nitrogens with one attached hydrogen (secondary N) is 3. The van der Waals surface area contributed by atoms with Crippen molar-refractivity contribution in [1.82, 2.24) is 15.3 Å². The maximum Gasteiger partial charge on any atom is 0.255 e. The first kappa shape index (κ1) is 30.0. The Morgan fingerprint density at radius 2 is 1.58 bits per heavy atom. The van der Waals surface area contributed by atoms with Gasteiger partial charge in [-0.2, -0.15) is 4.98 Å². The third kappa shape index (κ3) is 7.69. The van der Waals surface area contributed by atoms with Crippen LogP contribution in [0.2, 0.25) is 0 Å². The third-order valence-corrected chi connectivity index (χ3v) is 8.22. The molecule has 8 heteroatoms. The summed E-state index contributed by atoms with van der Waals surface area (Å²) in [5, 5.41) is 10.7. The number of hydrogen-bond donors (Lipinski definition) is 3. The first-order valence-corrected chi connectivity index (χ1v) is 15.2. The Balaban J connectivity index is 1.10. The van der Waals surface area contributed by atoms with E-state index in [0.717, 1.165) is 53.7 Å². The SMILES string of the molecule is CC(C)c1ccc(NC(=O)c2ccccc2CC(=O)NCC2CCC(Nc3nc(N(C)C)c4ccccc4n3)CC2)cc1. The lowest BCUT2D eigenvalue weighted by Crippen LogP contribution is -2.35. The second-order valence-corrected chi connectivity index (χ2v) is 12.0. The van der Waals surface area contributed by atoms with E-state index >= 15 is 0 Å². The number of nitrogens with zero attached hydrogens (tertiary/aromatic N) is 3. The third-order valence-electron chi connectivity index (χ3n) is 8.22. The predicted octanol–water partition coefficient (Wildman–Crippen LogP) is 6.40. The molecule has 0 aliphatic heterocycles. The van der Waals surface area contributed by atoms with E-state index in [4.69, 9.17) is 9.97 Å². The van der Waals surface area contributed by atoms with Crippen LogP contribution in [0.5, 0.6) is 0 Å². The van der Waals surface area contributed by atoms with Gasteiger partial charge < -0.3 is 20.9 Å². The molecule has 1 aromatic heterocycles. The molecule has 0 bridgehead atoms. The molecule has 1 aliphatic carbocycles. The maximum absolute atomic E-state index is 13.1. The van der Waals surface area contributed by atoms with Gasteiger partial charge in [-0.3, -0.25) is 9.59 Å². The van der Waals surface area contributed by atoms with E-state index in [1.807, 2.05) is 85.7 Å². The number of fused-ring (bicyclic) bond motifs is 1. The van der Waals surface area contributed by atoms with Gasteiger partial charge in [0.2, 0.25) is 11.9 Å². The molecule has 1 aliphatic rings. The van der Waals surface area contributed by atoms with Crippen LogP contribution in [-0.2, 0) is 11.2 Å². The Kier molecular flexibility index (Phi) is 9.55. The molecule has 0 radical (unpaired) electrons. The van der Waals surface area contributed by atoms with Gasteiger partial charge in [0.05, 0.1) is 11.9 Å². The van der Waals surface area contributed by atoms with Crippen molar-refractivity contribution in [1.29, 1.82) is 0 Å². The van der Waals surface area contributed by atoms with Crippen molar-refractivity contribution in [2.45, 2.75) is 57.9 Å². The van der Waals surface area contributed by atoms with E-state index in [-0.39, 0.29) is 18.2 Å². The van der Waals surface area contributed by atoms with E-state index in [9.17, 15) is 9.59 Å². The van der Waals surface area contributed by atoms with E-state index < -0.39 is 0 Å². The van der Waals surface area contributed by atoms with Crippen molar-refractivity contribution in [2.24, 2.45) is 5.92 Å². The highest BCUT2D eigenvalue weighted by Gasteiger charge is 2.23. The highest BCUT2D eigenvalue weighted by atomic mass is 16.2. The average molecular weight is 579 g/mol. The Bertz CT molecular complexity index is 1560. The van der Waals surface area contributed by atoms with Crippen LogP contribution in [0, 0.1) is 5.92 Å². The first-order valence-electron chi connectivity index (χ1n) is 15.2. The lowest BCUT2D eigenvalue weighted by molar-refractivity contribution is -0.120. The Morgan fingerprint density at radius 1 is 0.884 bits per heavy atom. The molecule has 3 aromatic carbocycles. The predicted molar refractivity (Wildman–Crippen MR) is 175 cm³/mol. The van der Waals surface area contributed by atoms with Crippen molar-refractivity contribution in [2.75, 3.05) is 36.2 Å². The van der Waals surface area contributed by atoms with Crippen LogP contribution in [0.1, 0.15) is 66.9 Å². The molecule has 224 valence electrons. The number of hydrogen-bond acceptors (Lipinski definition) is 6. The molecular formula is C35H42N6O2. The second-order valence-electron chi connectivity index (χ2n) is 12.0. The van der Waals surface area contributed by atoms with Crippen molar-refractivity contribution < 1.29 is 9.59 Å². The fourth-order valence-electron chi connectivity index (χ4n) is 5.70. The monoisotopic (exact) mass is 578 g/mol. The molecule has 8 nitrogen and oxygen atoms in total. The molecule has 1 heterocycles. The average Bonchev–Trinajstić information content (AvgIpc) is 3.00. The summed E-state index contributed by atoms with van der Waals surface area (Å²) in [7, 11) is 4.00. The van der Waals surface area contributed by atoms with Gasteiger partial charge in [0.25, 0.3) is 5.91 Å². The molecule has 43 heavy (non-hydrogen) atoms. The molecule has 3 N–H and O–H groups in total. The zero-order chi connectivity index (χ0) is 30.3. The van der Waals surface area contributed by atoms with E-state index in [0.29, 0.717) is 35.9 Å². The van der Waals surface area contributed by atoms with Crippen molar-refractivity contribution in [3.63, 3.8) is 0 Å². The number of para-hydroxylation sites is 1. The summed E-state index contributed by atoms with van der Waals surface area (Å²) in [5.74, 6) is 2.14. The normalized spacial score (nSPS) is 16.6. The zero-order valence-corrected chi connectivity index (χ0v) is 25.6. The lowest BCUT2D eigenvalue weighted by Gasteiger charge is -2.29. The topological polar surface area (TPSA) is 99.2 Å². The maximum atomic E-state index is 13.1. The molecule has 1 saturated carbocycles. The van der Waals surface area contributed by atoms with Crippen LogP contribution in [0.15, 0.2) is 72.8 Å². The van der Waals surface area contributed by atoms with Gasteiger partial charge in [0, 0.05) is 43.3 Å². The van der Waals surface area contributed by atoms with E-state index in [1.54, 1.807) is 6.07 Å². The van der Waals surface area contributed by atoms with Gasteiger partial charge in [-0.05, 0) is 79.0 Å². The van der Waals surface area contributed by atoms with Gasteiger partial charge in [-0.1, -0.05) is 56.3 Å². The minimum Gasteiger partial charge on any atom is -0.362 e. The van der Waals surface area contributed by atoms with Crippen LogP contribution in [0.3, 0.4) is 0 Å². The summed E-state index contributed by atoms with van der Waals surface area (Å²) in [6.07, 6.45) is 4.19. The summed E-state index contributed by atoms with van der Waals surface area (Å²) in [6.45, 7) is 4.92. The fraction of sp³-hybridized carbons (Fsp3) is 0.371. The molecule has 4 aromatic rings. The fourth-order valence-corrected chi connectivity index (χ4v) is 5.70. The molecule has 1 fully saturated rings. The summed E-state index contributed by atoms with van der Waals surface area (Å²) in [6, 6.07) is 23.6. The van der Waals surface area contributed by atoms with Crippen LogP contribution >= 0.6 is 0 Å². The Labute approximate surface area is 254 Å². The molecule has 0 atom stereocenters. The van der Waals surface area contributed by atoms with Crippen molar-refractivity contribution in [3.8, 4) is 0 Å². The molecule has 0 unspecified atom stereocenters. The van der Waals surface area contributed by atoms with Crippen LogP contribution in [-0.4, -0.2) is 48.5 Å². The second kappa shape index (κ2) is 13.7. The molecule has 0 saturated heterocycles. The number of amides is 2. The Morgan fingerprint density at radius 3 is 2.30 bits per heavy atom. The molecule has 0 spiro atoms. The summed E-state index contributed by atoms with van der Waals surface area (Å²) < 4.78 is 0. The molecule has 2 amide bonds. The number of carbonyl (C=O) groups is 2. The highest BCUT2D eigenvalue weighted by molar-refractivity contribution is 6.06. The van der Waals surface area contributed by atoms with Crippen molar-refractivity contribution in [3.05, 3.63) is 89.5 Å². The number of rotatable bonds is 10. The van der Waals surface area contributed by atoms with Crippen LogP contribution in [0.4, 0.5) is 17.5 Å². The highest BCUT2D eigenvalue weighted by Crippen LogP contribution is 2.28. The number of anilines is 3. The largest absolute Gasteiger partial charge is 0.362 e. The smallest absolute Gasteiger partial charge is 0.255 e. The van der Waals surface area contributed by atoms with E-state index in [1.165, 1.54) is 5.56 Å². The molecular weight excluding hydrogens is 536 g/mol. The minimum absolute atomic E-state index is 0.0671. The number of benzene rings is 3. The Hall–Kier alpha value is -4.46. The van der Waals surface area contributed by atoms with Gasteiger partial charge in [-0.25, -0.2) is 4.98 Å². The van der Waals surface area contributed by atoms with Gasteiger partial charge in [-0.15, -0.1) is 0 Å².